The maximum Gasteiger partial charge on any atom is 0.343 e. The first kappa shape index (κ1) is 20.8. The number of imide groups is 1. The number of carbonyl (C=O) groups is 3. The highest BCUT2D eigenvalue weighted by atomic mass is 16.6. The van der Waals surface area contributed by atoms with Crippen LogP contribution < -0.4 is 20.1 Å². The molecule has 2 rings (SSSR count). The fourth-order valence-electron chi connectivity index (χ4n) is 2.50. The number of nitrogens with one attached hydrogen (secondary N) is 2. The van der Waals surface area contributed by atoms with Gasteiger partial charge in [-0.05, 0) is 19.1 Å². The molecule has 0 unspecified atom stereocenters. The lowest BCUT2D eigenvalue weighted by Crippen LogP contribution is -2.42. The van der Waals surface area contributed by atoms with Crippen LogP contribution >= 0.6 is 0 Å². The van der Waals surface area contributed by atoms with Gasteiger partial charge in [0.25, 0.3) is 5.91 Å². The second kappa shape index (κ2) is 9.96. The van der Waals surface area contributed by atoms with E-state index in [1.54, 1.807) is 49.4 Å². The first-order chi connectivity index (χ1) is 13.5. The van der Waals surface area contributed by atoms with Gasteiger partial charge < -0.3 is 19.5 Å². The predicted octanol–water partition coefficient (Wildman–Crippen LogP) is 2.45. The number of amides is 3. The van der Waals surface area contributed by atoms with Crippen molar-refractivity contribution in [1.82, 2.24) is 10.6 Å². The van der Waals surface area contributed by atoms with Gasteiger partial charge in [0, 0.05) is 12.1 Å². The largest absolute Gasteiger partial charge is 0.493 e. The van der Waals surface area contributed by atoms with Crippen molar-refractivity contribution in [2.75, 3.05) is 20.8 Å². The summed E-state index contributed by atoms with van der Waals surface area (Å²) >= 11 is 0. The smallest absolute Gasteiger partial charge is 0.343 e. The third kappa shape index (κ3) is 5.00. The van der Waals surface area contributed by atoms with Crippen LogP contribution in [0, 0.1) is 0 Å². The number of carbonyl (C=O) groups excluding carboxylic acids is 3. The van der Waals surface area contributed by atoms with Gasteiger partial charge in [0.15, 0.2) is 11.5 Å². The highest BCUT2D eigenvalue weighted by molar-refractivity contribution is 6.00. The summed E-state index contributed by atoms with van der Waals surface area (Å²) in [4.78, 5) is 37.0. The van der Waals surface area contributed by atoms with Gasteiger partial charge in [-0.1, -0.05) is 36.4 Å². The van der Waals surface area contributed by atoms with E-state index in [0.29, 0.717) is 17.9 Å². The second-order valence-corrected chi connectivity index (χ2v) is 5.59. The van der Waals surface area contributed by atoms with Crippen LogP contribution in [0.2, 0.25) is 0 Å². The predicted molar refractivity (Wildman–Crippen MR) is 101 cm³/mol. The third-order valence-electron chi connectivity index (χ3n) is 3.76. The van der Waals surface area contributed by atoms with Gasteiger partial charge in [0.1, 0.15) is 5.56 Å². The quantitative estimate of drug-likeness (QED) is 0.709. The monoisotopic (exact) mass is 386 g/mol. The van der Waals surface area contributed by atoms with Crippen molar-refractivity contribution in [1.29, 1.82) is 0 Å². The Bertz CT molecular complexity index is 838. The van der Waals surface area contributed by atoms with Crippen molar-refractivity contribution < 1.29 is 28.6 Å². The van der Waals surface area contributed by atoms with Gasteiger partial charge in [0.2, 0.25) is 6.10 Å². The van der Waals surface area contributed by atoms with E-state index < -0.39 is 24.0 Å². The first-order valence-corrected chi connectivity index (χ1v) is 8.57. The van der Waals surface area contributed by atoms with Crippen LogP contribution in [0.3, 0.4) is 0 Å². The van der Waals surface area contributed by atoms with E-state index in [2.05, 4.69) is 10.6 Å². The molecule has 0 heterocycles. The Kier molecular flexibility index (Phi) is 7.38. The summed E-state index contributed by atoms with van der Waals surface area (Å²) in [6.45, 7) is 2.06. The number of hydrogen-bond acceptors (Lipinski definition) is 6. The van der Waals surface area contributed by atoms with Crippen LogP contribution in [0.15, 0.2) is 48.5 Å². The number of rotatable bonds is 7. The molecule has 0 aromatic heterocycles. The summed E-state index contributed by atoms with van der Waals surface area (Å²) in [7, 11) is 2.84. The van der Waals surface area contributed by atoms with Gasteiger partial charge in [-0.3, -0.25) is 10.1 Å². The highest BCUT2D eigenvalue weighted by Crippen LogP contribution is 2.32. The van der Waals surface area contributed by atoms with Crippen molar-refractivity contribution >= 4 is 17.9 Å². The first-order valence-electron chi connectivity index (χ1n) is 8.57. The van der Waals surface area contributed by atoms with Crippen LogP contribution in [-0.2, 0) is 9.53 Å². The molecule has 0 bridgehead atoms. The highest BCUT2D eigenvalue weighted by Gasteiger charge is 2.28. The number of ether oxygens (including phenoxy) is 3. The molecule has 3 amide bonds. The van der Waals surface area contributed by atoms with Crippen molar-refractivity contribution in [3.63, 3.8) is 0 Å². The summed E-state index contributed by atoms with van der Waals surface area (Å²) < 4.78 is 15.9. The summed E-state index contributed by atoms with van der Waals surface area (Å²) in [6, 6.07) is 12.4. The number of hydrogen-bond donors (Lipinski definition) is 2. The lowest BCUT2D eigenvalue weighted by atomic mass is 10.1. The van der Waals surface area contributed by atoms with E-state index in [4.69, 9.17) is 14.2 Å². The van der Waals surface area contributed by atoms with Crippen molar-refractivity contribution in [3.8, 4) is 11.5 Å². The van der Waals surface area contributed by atoms with Crippen LogP contribution in [0.5, 0.6) is 11.5 Å². The minimum Gasteiger partial charge on any atom is -0.493 e. The van der Waals surface area contributed by atoms with Crippen molar-refractivity contribution in [2.24, 2.45) is 0 Å². The molecule has 2 N–H and O–H groups in total. The number of para-hydroxylation sites is 1. The summed E-state index contributed by atoms with van der Waals surface area (Å²) in [5.74, 6) is -1.03. The molecule has 0 aliphatic carbocycles. The average molecular weight is 386 g/mol. The Morgan fingerprint density at radius 2 is 1.68 bits per heavy atom. The van der Waals surface area contributed by atoms with Crippen molar-refractivity contribution in [2.45, 2.75) is 13.0 Å². The van der Waals surface area contributed by atoms with E-state index in [0.717, 1.165) is 0 Å². The molecule has 2 aromatic carbocycles. The Balaban J connectivity index is 2.31. The molecule has 0 radical (unpaired) electrons. The second-order valence-electron chi connectivity index (χ2n) is 5.59. The molecule has 8 heteroatoms. The zero-order valence-electron chi connectivity index (χ0n) is 15.9. The Labute approximate surface area is 162 Å². The average Bonchev–Trinajstić information content (AvgIpc) is 2.71. The van der Waals surface area contributed by atoms with Crippen LogP contribution in [-0.4, -0.2) is 38.7 Å². The Morgan fingerprint density at radius 1 is 0.964 bits per heavy atom. The molecule has 28 heavy (non-hydrogen) atoms. The van der Waals surface area contributed by atoms with E-state index in [-0.39, 0.29) is 11.3 Å². The zero-order valence-corrected chi connectivity index (χ0v) is 15.9. The van der Waals surface area contributed by atoms with Crippen LogP contribution in [0.4, 0.5) is 4.79 Å². The van der Waals surface area contributed by atoms with E-state index in [1.165, 1.54) is 20.3 Å². The molecule has 0 saturated heterocycles. The third-order valence-corrected chi connectivity index (χ3v) is 3.76. The van der Waals surface area contributed by atoms with E-state index in [9.17, 15) is 14.4 Å². The molecule has 148 valence electrons. The lowest BCUT2D eigenvalue weighted by Gasteiger charge is -2.19. The van der Waals surface area contributed by atoms with Crippen LogP contribution in [0.1, 0.15) is 28.9 Å². The molecule has 0 aliphatic rings. The molecule has 8 nitrogen and oxygen atoms in total. The summed E-state index contributed by atoms with van der Waals surface area (Å²) in [6.07, 6.45) is -1.33. The SMILES string of the molecule is CCNC(=O)NC(=O)[C@H](OC(=O)c1cccc(OC)c1OC)c1ccccc1. The molecule has 0 saturated carbocycles. The van der Waals surface area contributed by atoms with Crippen LogP contribution in [0.25, 0.3) is 0 Å². The van der Waals surface area contributed by atoms with Gasteiger partial charge in [-0.25, -0.2) is 9.59 Å². The Hall–Kier alpha value is -3.55. The molecular formula is C20H22N2O6. The minimum absolute atomic E-state index is 0.0913. The fourth-order valence-corrected chi connectivity index (χ4v) is 2.50. The summed E-state index contributed by atoms with van der Waals surface area (Å²) in [5, 5.41) is 4.62. The van der Waals surface area contributed by atoms with Gasteiger partial charge in [-0.2, -0.15) is 0 Å². The van der Waals surface area contributed by atoms with Crippen molar-refractivity contribution in [3.05, 3.63) is 59.7 Å². The Morgan fingerprint density at radius 3 is 2.29 bits per heavy atom. The number of methoxy groups -OCH3 is 2. The standard InChI is InChI=1S/C20H22N2O6/c1-4-21-20(25)22-18(23)16(13-9-6-5-7-10-13)28-19(24)14-11-8-12-15(26-2)17(14)27-3/h5-12,16H,4H2,1-3H3,(H2,21,22,23,25)/t16-/m1/s1. The molecular weight excluding hydrogens is 364 g/mol. The molecule has 1 atom stereocenters. The summed E-state index contributed by atoms with van der Waals surface area (Å²) in [5.41, 5.74) is 0.508. The number of benzene rings is 2. The topological polar surface area (TPSA) is 103 Å². The molecule has 0 spiro atoms. The van der Waals surface area contributed by atoms with Gasteiger partial charge >= 0.3 is 12.0 Å². The van der Waals surface area contributed by atoms with Gasteiger partial charge in [0.05, 0.1) is 14.2 Å². The maximum absolute atomic E-state index is 12.8. The van der Waals surface area contributed by atoms with E-state index in [1.807, 2.05) is 0 Å². The number of urea groups is 1. The molecule has 2 aromatic rings. The molecule has 0 aliphatic heterocycles. The fraction of sp³-hybridized carbons (Fsp3) is 0.250. The van der Waals surface area contributed by atoms with Gasteiger partial charge in [-0.15, -0.1) is 0 Å². The molecule has 0 fully saturated rings. The number of esters is 1. The lowest BCUT2D eigenvalue weighted by molar-refractivity contribution is -0.129. The maximum atomic E-state index is 12.8. The minimum atomic E-state index is -1.33. The van der Waals surface area contributed by atoms with E-state index >= 15 is 0 Å². The zero-order chi connectivity index (χ0) is 20.5. The normalized spacial score (nSPS) is 11.1.